The lowest BCUT2D eigenvalue weighted by molar-refractivity contribution is 0.0600. The Bertz CT molecular complexity index is 546. The zero-order chi connectivity index (χ0) is 13.0. The van der Waals surface area contributed by atoms with Crippen LogP contribution < -0.4 is 4.74 Å². The molecule has 0 aliphatic carbocycles. The second-order valence-corrected chi connectivity index (χ2v) is 3.62. The molecule has 0 fully saturated rings. The van der Waals surface area contributed by atoms with Crippen LogP contribution in [-0.4, -0.2) is 18.2 Å². The van der Waals surface area contributed by atoms with Crippen molar-refractivity contribution in [3.05, 3.63) is 54.1 Å². The SMILES string of the molecule is COC(=O)c1ccc(Oc2cccc(O)c2)cc1. The van der Waals surface area contributed by atoms with E-state index in [1.54, 1.807) is 42.5 Å². The maximum atomic E-state index is 11.2. The van der Waals surface area contributed by atoms with Gasteiger partial charge in [0.25, 0.3) is 0 Å². The molecule has 4 nitrogen and oxygen atoms in total. The Kier molecular flexibility index (Phi) is 3.48. The molecule has 0 saturated heterocycles. The Morgan fingerprint density at radius 2 is 1.78 bits per heavy atom. The van der Waals surface area contributed by atoms with Crippen molar-refractivity contribution in [1.82, 2.24) is 0 Å². The Morgan fingerprint density at radius 3 is 2.39 bits per heavy atom. The van der Waals surface area contributed by atoms with Crippen molar-refractivity contribution >= 4 is 5.97 Å². The summed E-state index contributed by atoms with van der Waals surface area (Å²) in [6.07, 6.45) is 0. The first-order valence-corrected chi connectivity index (χ1v) is 5.34. The van der Waals surface area contributed by atoms with Gasteiger partial charge in [-0.1, -0.05) is 6.07 Å². The highest BCUT2D eigenvalue weighted by Gasteiger charge is 2.05. The van der Waals surface area contributed by atoms with Crippen LogP contribution in [0.15, 0.2) is 48.5 Å². The highest BCUT2D eigenvalue weighted by molar-refractivity contribution is 5.89. The van der Waals surface area contributed by atoms with Gasteiger partial charge in [0.05, 0.1) is 12.7 Å². The molecule has 0 heterocycles. The fraction of sp³-hybridized carbons (Fsp3) is 0.0714. The first-order chi connectivity index (χ1) is 8.69. The number of carbonyl (C=O) groups excluding carboxylic acids is 1. The Hall–Kier alpha value is -2.49. The molecule has 0 aliphatic rings. The number of benzene rings is 2. The monoisotopic (exact) mass is 244 g/mol. The maximum Gasteiger partial charge on any atom is 0.337 e. The first-order valence-electron chi connectivity index (χ1n) is 5.34. The molecule has 0 aliphatic heterocycles. The van der Waals surface area contributed by atoms with E-state index in [4.69, 9.17) is 4.74 Å². The third kappa shape index (κ3) is 2.79. The molecule has 0 unspecified atom stereocenters. The molecule has 0 aromatic heterocycles. The van der Waals surface area contributed by atoms with Crippen LogP contribution >= 0.6 is 0 Å². The lowest BCUT2D eigenvalue weighted by Crippen LogP contribution is -2.00. The fourth-order valence-electron chi connectivity index (χ4n) is 1.46. The van der Waals surface area contributed by atoms with Crippen molar-refractivity contribution in [2.24, 2.45) is 0 Å². The van der Waals surface area contributed by atoms with Crippen LogP contribution in [0.3, 0.4) is 0 Å². The molecule has 2 aromatic carbocycles. The summed E-state index contributed by atoms with van der Waals surface area (Å²) in [5, 5.41) is 9.30. The molecule has 0 amide bonds. The Balaban J connectivity index is 2.13. The topological polar surface area (TPSA) is 55.8 Å². The van der Waals surface area contributed by atoms with Gasteiger partial charge in [0.1, 0.15) is 17.2 Å². The highest BCUT2D eigenvalue weighted by atomic mass is 16.5. The Morgan fingerprint density at radius 1 is 1.06 bits per heavy atom. The van der Waals surface area contributed by atoms with Crippen LogP contribution in [0.5, 0.6) is 17.2 Å². The molecule has 4 heteroatoms. The van der Waals surface area contributed by atoms with Gasteiger partial charge < -0.3 is 14.6 Å². The van der Waals surface area contributed by atoms with Crippen molar-refractivity contribution in [2.75, 3.05) is 7.11 Å². The van der Waals surface area contributed by atoms with Gasteiger partial charge in [-0.15, -0.1) is 0 Å². The average molecular weight is 244 g/mol. The van der Waals surface area contributed by atoms with Crippen molar-refractivity contribution in [2.45, 2.75) is 0 Å². The van der Waals surface area contributed by atoms with Crippen LogP contribution in [0.4, 0.5) is 0 Å². The summed E-state index contributed by atoms with van der Waals surface area (Å²) in [4.78, 5) is 11.2. The minimum Gasteiger partial charge on any atom is -0.508 e. The van der Waals surface area contributed by atoms with E-state index < -0.39 is 0 Å². The molecule has 2 rings (SSSR count). The van der Waals surface area contributed by atoms with Gasteiger partial charge in [0.2, 0.25) is 0 Å². The summed E-state index contributed by atoms with van der Waals surface area (Å²) in [5.74, 6) is 0.853. The van der Waals surface area contributed by atoms with Gasteiger partial charge in [0.15, 0.2) is 0 Å². The molecule has 0 radical (unpaired) electrons. The third-order valence-corrected chi connectivity index (χ3v) is 2.33. The van der Waals surface area contributed by atoms with E-state index in [2.05, 4.69) is 4.74 Å². The van der Waals surface area contributed by atoms with E-state index >= 15 is 0 Å². The predicted molar refractivity (Wildman–Crippen MR) is 66.0 cm³/mol. The molecular formula is C14H12O4. The van der Waals surface area contributed by atoms with Gasteiger partial charge in [-0.05, 0) is 36.4 Å². The summed E-state index contributed by atoms with van der Waals surface area (Å²) in [6.45, 7) is 0. The van der Waals surface area contributed by atoms with Crippen LogP contribution in [0.2, 0.25) is 0 Å². The number of esters is 1. The standard InChI is InChI=1S/C14H12O4/c1-17-14(16)10-5-7-12(8-6-10)18-13-4-2-3-11(15)9-13/h2-9,15H,1H3. The van der Waals surface area contributed by atoms with E-state index in [1.165, 1.54) is 13.2 Å². The summed E-state index contributed by atoms with van der Waals surface area (Å²) >= 11 is 0. The van der Waals surface area contributed by atoms with Crippen molar-refractivity contribution in [3.8, 4) is 17.2 Å². The molecule has 18 heavy (non-hydrogen) atoms. The van der Waals surface area contributed by atoms with Crippen molar-refractivity contribution in [3.63, 3.8) is 0 Å². The van der Waals surface area contributed by atoms with Gasteiger partial charge in [-0.3, -0.25) is 0 Å². The average Bonchev–Trinajstić information content (AvgIpc) is 2.39. The number of aromatic hydroxyl groups is 1. The molecule has 0 saturated carbocycles. The second-order valence-electron chi connectivity index (χ2n) is 3.62. The third-order valence-electron chi connectivity index (χ3n) is 2.33. The zero-order valence-electron chi connectivity index (χ0n) is 9.79. The molecule has 0 spiro atoms. The van der Waals surface area contributed by atoms with E-state index in [1.807, 2.05) is 0 Å². The fourth-order valence-corrected chi connectivity index (χ4v) is 1.46. The van der Waals surface area contributed by atoms with Crippen LogP contribution in [0, 0.1) is 0 Å². The van der Waals surface area contributed by atoms with E-state index in [0.717, 1.165) is 0 Å². The number of methoxy groups -OCH3 is 1. The summed E-state index contributed by atoms with van der Waals surface area (Å²) in [6, 6.07) is 13.0. The van der Waals surface area contributed by atoms with Crippen molar-refractivity contribution < 1.29 is 19.4 Å². The minimum absolute atomic E-state index is 0.138. The Labute approximate surface area is 104 Å². The lowest BCUT2D eigenvalue weighted by Gasteiger charge is -2.06. The maximum absolute atomic E-state index is 11.2. The zero-order valence-corrected chi connectivity index (χ0v) is 9.79. The number of hydrogen-bond donors (Lipinski definition) is 1. The number of phenolic OH excluding ortho intramolecular Hbond substituents is 1. The largest absolute Gasteiger partial charge is 0.508 e. The van der Waals surface area contributed by atoms with Crippen LogP contribution in [0.25, 0.3) is 0 Å². The summed E-state index contributed by atoms with van der Waals surface area (Å²) in [7, 11) is 1.33. The molecule has 2 aromatic rings. The summed E-state index contributed by atoms with van der Waals surface area (Å²) in [5.41, 5.74) is 0.459. The number of ether oxygens (including phenoxy) is 2. The van der Waals surface area contributed by atoms with E-state index in [-0.39, 0.29) is 11.7 Å². The molecule has 0 atom stereocenters. The molecule has 1 N–H and O–H groups in total. The second kappa shape index (κ2) is 5.23. The smallest absolute Gasteiger partial charge is 0.337 e. The number of rotatable bonds is 3. The van der Waals surface area contributed by atoms with Crippen LogP contribution in [-0.2, 0) is 4.74 Å². The minimum atomic E-state index is -0.390. The van der Waals surface area contributed by atoms with Gasteiger partial charge in [-0.2, -0.15) is 0 Å². The van der Waals surface area contributed by atoms with Gasteiger partial charge in [-0.25, -0.2) is 4.79 Å². The molecule has 0 bridgehead atoms. The normalized spacial score (nSPS) is 9.83. The van der Waals surface area contributed by atoms with Crippen LogP contribution in [0.1, 0.15) is 10.4 Å². The number of carbonyl (C=O) groups is 1. The van der Waals surface area contributed by atoms with Gasteiger partial charge >= 0.3 is 5.97 Å². The number of hydrogen-bond acceptors (Lipinski definition) is 4. The first kappa shape index (κ1) is 12.0. The predicted octanol–water partition coefficient (Wildman–Crippen LogP) is 2.97. The molecule has 92 valence electrons. The highest BCUT2D eigenvalue weighted by Crippen LogP contribution is 2.24. The van der Waals surface area contributed by atoms with E-state index in [0.29, 0.717) is 17.1 Å². The van der Waals surface area contributed by atoms with Crippen molar-refractivity contribution in [1.29, 1.82) is 0 Å². The lowest BCUT2D eigenvalue weighted by atomic mass is 10.2. The van der Waals surface area contributed by atoms with E-state index in [9.17, 15) is 9.90 Å². The quantitative estimate of drug-likeness (QED) is 0.843. The summed E-state index contributed by atoms with van der Waals surface area (Å²) < 4.78 is 10.1. The number of phenols is 1. The molecular weight excluding hydrogens is 232 g/mol. The van der Waals surface area contributed by atoms with Gasteiger partial charge in [0, 0.05) is 6.07 Å².